The molecular formula is C13H8F3N3O4. The molecule has 2 aromatic rings. The van der Waals surface area contributed by atoms with E-state index in [0.717, 1.165) is 24.3 Å². The second kappa shape index (κ2) is 5.91. The monoisotopic (exact) mass is 327 g/mol. The Labute approximate surface area is 126 Å². The number of anilines is 2. The molecule has 0 aliphatic rings. The highest BCUT2D eigenvalue weighted by atomic mass is 19.4. The molecule has 0 atom stereocenters. The summed E-state index contributed by atoms with van der Waals surface area (Å²) in [4.78, 5) is 19.7. The zero-order valence-electron chi connectivity index (χ0n) is 11.2. The predicted molar refractivity (Wildman–Crippen MR) is 74.5 cm³/mol. The highest BCUT2D eigenvalue weighted by molar-refractivity contribution is 5.67. The highest BCUT2D eigenvalue weighted by Gasteiger charge is 2.30. The van der Waals surface area contributed by atoms with Gasteiger partial charge in [-0.2, -0.15) is 13.2 Å². The summed E-state index contributed by atoms with van der Waals surface area (Å²) in [5.74, 6) is 0. The van der Waals surface area contributed by atoms with Crippen molar-refractivity contribution in [2.45, 2.75) is 6.18 Å². The van der Waals surface area contributed by atoms with Gasteiger partial charge in [0.05, 0.1) is 15.4 Å². The van der Waals surface area contributed by atoms with Crippen LogP contribution in [0.5, 0.6) is 0 Å². The fourth-order valence-electron chi connectivity index (χ4n) is 1.84. The van der Waals surface area contributed by atoms with Gasteiger partial charge in [0, 0.05) is 23.5 Å². The lowest BCUT2D eigenvalue weighted by atomic mass is 10.2. The molecule has 0 aliphatic carbocycles. The van der Waals surface area contributed by atoms with Crippen LogP contribution in [-0.2, 0) is 6.18 Å². The SMILES string of the molecule is O=[N+]([O-])c1ccc(Nc2cccc(C(F)(F)F)c2)cc1[N+](=O)[O-]. The minimum Gasteiger partial charge on any atom is -0.355 e. The Morgan fingerprint density at radius 2 is 1.48 bits per heavy atom. The molecule has 0 bridgehead atoms. The second-order valence-electron chi connectivity index (χ2n) is 4.42. The maximum Gasteiger partial charge on any atom is 0.416 e. The zero-order chi connectivity index (χ0) is 17.2. The number of alkyl halides is 3. The number of nitrogens with zero attached hydrogens (tertiary/aromatic N) is 2. The molecule has 0 saturated heterocycles. The summed E-state index contributed by atoms with van der Waals surface area (Å²) in [6.45, 7) is 0. The lowest BCUT2D eigenvalue weighted by Gasteiger charge is -2.10. The topological polar surface area (TPSA) is 98.3 Å². The molecule has 120 valence electrons. The van der Waals surface area contributed by atoms with Gasteiger partial charge in [-0.15, -0.1) is 0 Å². The van der Waals surface area contributed by atoms with Crippen LogP contribution in [0.1, 0.15) is 5.56 Å². The summed E-state index contributed by atoms with van der Waals surface area (Å²) >= 11 is 0. The normalized spacial score (nSPS) is 11.1. The van der Waals surface area contributed by atoms with Crippen molar-refractivity contribution in [3.05, 3.63) is 68.3 Å². The number of nitro benzene ring substituents is 2. The first-order valence-corrected chi connectivity index (χ1v) is 6.05. The number of nitro groups is 2. The number of hydrogen-bond acceptors (Lipinski definition) is 5. The van der Waals surface area contributed by atoms with Crippen molar-refractivity contribution in [3.63, 3.8) is 0 Å². The summed E-state index contributed by atoms with van der Waals surface area (Å²) in [5, 5.41) is 24.1. The van der Waals surface area contributed by atoms with Crippen LogP contribution in [0, 0.1) is 20.2 Å². The molecule has 0 aliphatic heterocycles. The zero-order valence-corrected chi connectivity index (χ0v) is 11.2. The van der Waals surface area contributed by atoms with Crippen LogP contribution >= 0.6 is 0 Å². The number of benzene rings is 2. The maximum atomic E-state index is 12.6. The molecule has 0 amide bonds. The predicted octanol–water partition coefficient (Wildman–Crippen LogP) is 4.27. The summed E-state index contributed by atoms with van der Waals surface area (Å²) in [6.07, 6.45) is -4.53. The van der Waals surface area contributed by atoms with E-state index in [9.17, 15) is 33.4 Å². The van der Waals surface area contributed by atoms with E-state index < -0.39 is 33.0 Å². The first-order valence-electron chi connectivity index (χ1n) is 6.05. The van der Waals surface area contributed by atoms with Crippen molar-refractivity contribution in [3.8, 4) is 0 Å². The minimum atomic E-state index is -4.53. The Morgan fingerprint density at radius 1 is 0.870 bits per heavy atom. The minimum absolute atomic E-state index is 0.0444. The number of rotatable bonds is 4. The van der Waals surface area contributed by atoms with E-state index in [1.807, 2.05) is 0 Å². The van der Waals surface area contributed by atoms with E-state index in [0.29, 0.717) is 0 Å². The summed E-state index contributed by atoms with van der Waals surface area (Å²) in [7, 11) is 0. The van der Waals surface area contributed by atoms with E-state index in [-0.39, 0.29) is 11.4 Å². The first kappa shape index (κ1) is 16.2. The molecule has 0 heterocycles. The van der Waals surface area contributed by atoms with Crippen molar-refractivity contribution >= 4 is 22.7 Å². The number of nitrogens with one attached hydrogen (secondary N) is 1. The van der Waals surface area contributed by atoms with Gasteiger partial charge in [0.25, 0.3) is 0 Å². The molecule has 23 heavy (non-hydrogen) atoms. The van der Waals surface area contributed by atoms with Gasteiger partial charge >= 0.3 is 17.6 Å². The van der Waals surface area contributed by atoms with Crippen molar-refractivity contribution in [2.75, 3.05) is 5.32 Å². The van der Waals surface area contributed by atoms with Gasteiger partial charge in [0.2, 0.25) is 0 Å². The Kier molecular flexibility index (Phi) is 4.16. The fraction of sp³-hybridized carbons (Fsp3) is 0.0769. The highest BCUT2D eigenvalue weighted by Crippen LogP contribution is 2.33. The van der Waals surface area contributed by atoms with Gasteiger partial charge in [0.1, 0.15) is 0 Å². The average Bonchev–Trinajstić information content (AvgIpc) is 2.46. The first-order chi connectivity index (χ1) is 10.7. The molecule has 0 saturated carbocycles. The lowest BCUT2D eigenvalue weighted by molar-refractivity contribution is -0.422. The van der Waals surface area contributed by atoms with E-state index in [1.54, 1.807) is 0 Å². The Balaban J connectivity index is 2.36. The van der Waals surface area contributed by atoms with Gasteiger partial charge in [-0.3, -0.25) is 20.2 Å². The molecule has 0 radical (unpaired) electrons. The molecule has 2 rings (SSSR count). The Hall–Kier alpha value is -3.17. The molecule has 0 spiro atoms. The van der Waals surface area contributed by atoms with Crippen LogP contribution < -0.4 is 5.32 Å². The van der Waals surface area contributed by atoms with Gasteiger partial charge in [-0.1, -0.05) is 6.07 Å². The summed E-state index contributed by atoms with van der Waals surface area (Å²) < 4.78 is 37.9. The largest absolute Gasteiger partial charge is 0.416 e. The van der Waals surface area contributed by atoms with Crippen LogP contribution in [0.2, 0.25) is 0 Å². The van der Waals surface area contributed by atoms with Gasteiger partial charge in [-0.05, 0) is 24.3 Å². The van der Waals surface area contributed by atoms with Gasteiger partial charge in [0.15, 0.2) is 0 Å². The van der Waals surface area contributed by atoms with E-state index in [4.69, 9.17) is 0 Å². The fourth-order valence-corrected chi connectivity index (χ4v) is 1.84. The lowest BCUT2D eigenvalue weighted by Crippen LogP contribution is -2.05. The molecule has 10 heteroatoms. The molecule has 0 aromatic heterocycles. The molecular weight excluding hydrogens is 319 g/mol. The van der Waals surface area contributed by atoms with E-state index >= 15 is 0 Å². The van der Waals surface area contributed by atoms with E-state index in [2.05, 4.69) is 5.32 Å². The second-order valence-corrected chi connectivity index (χ2v) is 4.42. The van der Waals surface area contributed by atoms with Crippen LogP contribution in [0.3, 0.4) is 0 Å². The van der Waals surface area contributed by atoms with Crippen LogP contribution in [0.4, 0.5) is 35.9 Å². The van der Waals surface area contributed by atoms with Gasteiger partial charge in [-0.25, -0.2) is 0 Å². The van der Waals surface area contributed by atoms with Crippen LogP contribution in [0.25, 0.3) is 0 Å². The van der Waals surface area contributed by atoms with Crippen molar-refractivity contribution < 1.29 is 23.0 Å². The maximum absolute atomic E-state index is 12.6. The molecule has 1 N–H and O–H groups in total. The molecule has 0 unspecified atom stereocenters. The standard InChI is InChI=1S/C13H8F3N3O4/c14-13(15,16)8-2-1-3-9(6-8)17-10-4-5-11(18(20)21)12(7-10)19(22)23/h1-7,17H. The van der Waals surface area contributed by atoms with Crippen LogP contribution in [-0.4, -0.2) is 9.85 Å². The molecule has 2 aromatic carbocycles. The average molecular weight is 327 g/mol. The summed E-state index contributed by atoms with van der Waals surface area (Å²) in [6, 6.07) is 7.18. The Morgan fingerprint density at radius 3 is 2.04 bits per heavy atom. The third kappa shape index (κ3) is 3.73. The summed E-state index contributed by atoms with van der Waals surface area (Å²) in [5.41, 5.74) is -2.25. The third-order valence-electron chi connectivity index (χ3n) is 2.85. The quantitative estimate of drug-likeness (QED) is 0.668. The smallest absolute Gasteiger partial charge is 0.355 e. The number of halogens is 3. The molecule has 7 nitrogen and oxygen atoms in total. The Bertz CT molecular complexity index is 777. The van der Waals surface area contributed by atoms with Crippen molar-refractivity contribution in [1.82, 2.24) is 0 Å². The number of hydrogen-bond donors (Lipinski definition) is 1. The van der Waals surface area contributed by atoms with Crippen LogP contribution in [0.15, 0.2) is 42.5 Å². The van der Waals surface area contributed by atoms with Crippen molar-refractivity contribution in [1.29, 1.82) is 0 Å². The molecule has 0 fully saturated rings. The van der Waals surface area contributed by atoms with Gasteiger partial charge < -0.3 is 5.32 Å². The third-order valence-corrected chi connectivity index (χ3v) is 2.85. The van der Waals surface area contributed by atoms with E-state index in [1.165, 1.54) is 18.2 Å². The van der Waals surface area contributed by atoms with Crippen molar-refractivity contribution in [2.24, 2.45) is 0 Å².